The lowest BCUT2D eigenvalue weighted by Crippen LogP contribution is -2.56. The Hall–Kier alpha value is -0.870. The van der Waals surface area contributed by atoms with Crippen LogP contribution in [0, 0.1) is 5.92 Å². The zero-order valence-electron chi connectivity index (χ0n) is 15.9. The van der Waals surface area contributed by atoms with Gasteiger partial charge in [-0.1, -0.05) is 39.5 Å². The molecular formula is C20H36N4. The van der Waals surface area contributed by atoms with Crippen molar-refractivity contribution < 1.29 is 0 Å². The Bertz CT molecular complexity index is 472. The summed E-state index contributed by atoms with van der Waals surface area (Å²) < 4.78 is 0. The number of aromatic amines is 1. The van der Waals surface area contributed by atoms with E-state index >= 15 is 0 Å². The molecule has 3 rings (SSSR count). The van der Waals surface area contributed by atoms with Crippen molar-refractivity contribution >= 4 is 0 Å². The van der Waals surface area contributed by atoms with Crippen molar-refractivity contribution in [2.75, 3.05) is 26.2 Å². The van der Waals surface area contributed by atoms with Gasteiger partial charge in [-0.25, -0.2) is 4.98 Å². The number of piperazine rings is 1. The molecule has 0 radical (unpaired) electrons. The Kier molecular flexibility index (Phi) is 6.34. The minimum atomic E-state index is 0.593. The SMILES string of the molecule is CCC(C)CN1CCN(C2CCCCCC2c2ncc[nH]2)CC1C. The molecule has 0 aromatic carbocycles. The molecular weight excluding hydrogens is 296 g/mol. The highest BCUT2D eigenvalue weighted by molar-refractivity contribution is 5.04. The molecule has 4 nitrogen and oxygen atoms in total. The quantitative estimate of drug-likeness (QED) is 0.831. The van der Waals surface area contributed by atoms with Crippen molar-refractivity contribution in [2.45, 2.75) is 77.3 Å². The van der Waals surface area contributed by atoms with Crippen LogP contribution in [-0.4, -0.2) is 58.0 Å². The van der Waals surface area contributed by atoms with E-state index in [0.29, 0.717) is 18.0 Å². The lowest BCUT2D eigenvalue weighted by Gasteiger charge is -2.45. The van der Waals surface area contributed by atoms with Crippen LogP contribution in [0.2, 0.25) is 0 Å². The van der Waals surface area contributed by atoms with Crippen LogP contribution in [-0.2, 0) is 0 Å². The molecule has 2 fully saturated rings. The third-order valence-electron chi connectivity index (χ3n) is 6.36. The Labute approximate surface area is 148 Å². The van der Waals surface area contributed by atoms with Crippen molar-refractivity contribution in [1.82, 2.24) is 19.8 Å². The average molecular weight is 333 g/mol. The van der Waals surface area contributed by atoms with Crippen LogP contribution in [0.25, 0.3) is 0 Å². The first kappa shape index (κ1) is 17.9. The number of hydrogen-bond acceptors (Lipinski definition) is 3. The van der Waals surface area contributed by atoms with Crippen LogP contribution in [0.15, 0.2) is 12.4 Å². The second-order valence-electron chi connectivity index (χ2n) is 8.14. The fourth-order valence-electron chi connectivity index (χ4n) is 4.65. The van der Waals surface area contributed by atoms with Crippen LogP contribution in [0.4, 0.5) is 0 Å². The Balaban J connectivity index is 1.66. The summed E-state index contributed by atoms with van der Waals surface area (Å²) in [6, 6.07) is 1.35. The molecule has 4 heteroatoms. The summed E-state index contributed by atoms with van der Waals surface area (Å²) in [6.45, 7) is 12.1. The molecule has 1 saturated carbocycles. The number of nitrogens with zero attached hydrogens (tertiary/aromatic N) is 3. The minimum Gasteiger partial charge on any atom is -0.348 e. The van der Waals surface area contributed by atoms with Gasteiger partial charge >= 0.3 is 0 Å². The van der Waals surface area contributed by atoms with E-state index in [1.165, 1.54) is 70.5 Å². The molecule has 1 aliphatic heterocycles. The number of H-pyrrole nitrogens is 1. The van der Waals surface area contributed by atoms with Gasteiger partial charge in [0.1, 0.15) is 5.82 Å². The first-order valence-electron chi connectivity index (χ1n) is 10.2. The van der Waals surface area contributed by atoms with E-state index in [-0.39, 0.29) is 0 Å². The Morgan fingerprint density at radius 1 is 1.25 bits per heavy atom. The van der Waals surface area contributed by atoms with Gasteiger partial charge in [0.15, 0.2) is 0 Å². The van der Waals surface area contributed by atoms with E-state index < -0.39 is 0 Å². The summed E-state index contributed by atoms with van der Waals surface area (Å²) in [5.74, 6) is 2.63. The van der Waals surface area contributed by atoms with Gasteiger partial charge in [-0.05, 0) is 25.7 Å². The van der Waals surface area contributed by atoms with Gasteiger partial charge in [0.2, 0.25) is 0 Å². The smallest absolute Gasteiger partial charge is 0.110 e. The largest absolute Gasteiger partial charge is 0.348 e. The molecule has 1 N–H and O–H groups in total. The molecule has 1 aromatic heterocycles. The normalized spacial score (nSPS) is 31.7. The maximum atomic E-state index is 4.62. The monoisotopic (exact) mass is 332 g/mol. The van der Waals surface area contributed by atoms with Crippen molar-refractivity contribution in [3.8, 4) is 0 Å². The third-order valence-corrected chi connectivity index (χ3v) is 6.36. The first-order valence-corrected chi connectivity index (χ1v) is 10.2. The second kappa shape index (κ2) is 8.48. The molecule has 2 aliphatic rings. The predicted molar refractivity (Wildman–Crippen MR) is 100 cm³/mol. The highest BCUT2D eigenvalue weighted by Crippen LogP contribution is 2.34. The molecule has 1 aliphatic carbocycles. The van der Waals surface area contributed by atoms with Crippen molar-refractivity contribution in [1.29, 1.82) is 0 Å². The molecule has 4 unspecified atom stereocenters. The number of imidazole rings is 1. The third kappa shape index (κ3) is 4.20. The molecule has 4 atom stereocenters. The van der Waals surface area contributed by atoms with Crippen LogP contribution >= 0.6 is 0 Å². The summed E-state index contributed by atoms with van der Waals surface area (Å²) in [5.41, 5.74) is 0. The lowest BCUT2D eigenvalue weighted by molar-refractivity contribution is 0.0358. The molecule has 0 amide bonds. The molecule has 0 bridgehead atoms. The van der Waals surface area contributed by atoms with Gasteiger partial charge in [0.25, 0.3) is 0 Å². The van der Waals surface area contributed by atoms with Crippen LogP contribution in [0.5, 0.6) is 0 Å². The molecule has 136 valence electrons. The Morgan fingerprint density at radius 2 is 2.08 bits per heavy atom. The van der Waals surface area contributed by atoms with Crippen LogP contribution in [0.1, 0.15) is 71.0 Å². The minimum absolute atomic E-state index is 0.593. The summed E-state index contributed by atoms with van der Waals surface area (Å²) in [5, 5.41) is 0. The van der Waals surface area contributed by atoms with E-state index in [0.717, 1.165) is 5.92 Å². The fourth-order valence-corrected chi connectivity index (χ4v) is 4.65. The van der Waals surface area contributed by atoms with Crippen LogP contribution < -0.4 is 0 Å². The summed E-state index contributed by atoms with van der Waals surface area (Å²) >= 11 is 0. The summed E-state index contributed by atoms with van der Waals surface area (Å²) in [7, 11) is 0. The van der Waals surface area contributed by atoms with Gasteiger partial charge < -0.3 is 4.98 Å². The van der Waals surface area contributed by atoms with Gasteiger partial charge in [-0.15, -0.1) is 0 Å². The molecule has 2 heterocycles. The predicted octanol–water partition coefficient (Wildman–Crippen LogP) is 3.88. The van der Waals surface area contributed by atoms with E-state index in [4.69, 9.17) is 0 Å². The summed E-state index contributed by atoms with van der Waals surface area (Å²) in [6.07, 6.45) is 11.9. The maximum absolute atomic E-state index is 4.62. The first-order chi connectivity index (χ1) is 11.7. The highest BCUT2D eigenvalue weighted by atomic mass is 15.3. The Morgan fingerprint density at radius 3 is 2.79 bits per heavy atom. The fraction of sp³-hybridized carbons (Fsp3) is 0.850. The summed E-state index contributed by atoms with van der Waals surface area (Å²) in [4.78, 5) is 13.5. The zero-order valence-corrected chi connectivity index (χ0v) is 15.9. The average Bonchev–Trinajstić information content (AvgIpc) is 3.01. The van der Waals surface area contributed by atoms with E-state index in [2.05, 4.69) is 40.5 Å². The van der Waals surface area contributed by atoms with Crippen LogP contribution in [0.3, 0.4) is 0 Å². The van der Waals surface area contributed by atoms with Crippen molar-refractivity contribution in [3.63, 3.8) is 0 Å². The number of aromatic nitrogens is 2. The van der Waals surface area contributed by atoms with Crippen molar-refractivity contribution in [2.24, 2.45) is 5.92 Å². The van der Waals surface area contributed by atoms with Gasteiger partial charge in [0.05, 0.1) is 0 Å². The topological polar surface area (TPSA) is 35.2 Å². The van der Waals surface area contributed by atoms with Gasteiger partial charge in [-0.3, -0.25) is 9.80 Å². The lowest BCUT2D eigenvalue weighted by atomic mass is 9.91. The number of nitrogens with one attached hydrogen (secondary N) is 1. The highest BCUT2D eigenvalue weighted by Gasteiger charge is 2.35. The molecule has 1 saturated heterocycles. The van der Waals surface area contributed by atoms with Crippen molar-refractivity contribution in [3.05, 3.63) is 18.2 Å². The number of hydrogen-bond donors (Lipinski definition) is 1. The van der Waals surface area contributed by atoms with E-state index in [9.17, 15) is 0 Å². The van der Waals surface area contributed by atoms with E-state index in [1.54, 1.807) is 0 Å². The number of rotatable bonds is 5. The molecule has 24 heavy (non-hydrogen) atoms. The van der Waals surface area contributed by atoms with Gasteiger partial charge in [0, 0.05) is 56.6 Å². The second-order valence-corrected chi connectivity index (χ2v) is 8.14. The zero-order chi connectivity index (χ0) is 16.9. The maximum Gasteiger partial charge on any atom is 0.110 e. The molecule has 0 spiro atoms. The van der Waals surface area contributed by atoms with E-state index in [1.807, 2.05) is 12.4 Å². The molecule has 1 aromatic rings. The standard InChI is InChI=1S/C20H36N4/c1-4-16(2)14-23-12-13-24(15-17(23)3)19-9-7-5-6-8-18(19)20-21-10-11-22-20/h10-11,16-19H,4-9,12-15H2,1-3H3,(H,21,22). The van der Waals surface area contributed by atoms with Gasteiger partial charge in [-0.2, -0.15) is 0 Å².